The zero-order chi connectivity index (χ0) is 28.4. The van der Waals surface area contributed by atoms with Crippen LogP contribution >= 0.6 is 10.3 Å². The summed E-state index contributed by atoms with van der Waals surface area (Å²) >= 11 is 0. The molecule has 0 aliphatic carbocycles. The Balaban J connectivity index is 2.20. The van der Waals surface area contributed by atoms with Crippen LogP contribution in [0.25, 0.3) is 0 Å². The van der Waals surface area contributed by atoms with Crippen LogP contribution in [0.15, 0.2) is 117 Å². The molecule has 0 spiro atoms. The summed E-state index contributed by atoms with van der Waals surface area (Å²) in [6.45, 7) is 12.9. The van der Waals surface area contributed by atoms with Crippen molar-refractivity contribution in [2.75, 3.05) is 0 Å². The quantitative estimate of drug-likeness (QED) is 0.203. The summed E-state index contributed by atoms with van der Waals surface area (Å²) in [4.78, 5) is 2.40. The molecule has 206 valence electrons. The standard InChI is InChI=1S/C33H37FO3S2/c1-23(2)26-21-31(24(3)4)33(32(22-26)25(5)6)38(28-13-9-7-10-14-28,29-15-11-8-12-16-29)37-39(35,36)30-19-17-27(34)18-20-30/h7-25H,1-6H3. The molecule has 0 aliphatic rings. The minimum Gasteiger partial charge on any atom is -0.207 e. The van der Waals surface area contributed by atoms with Crippen molar-refractivity contribution in [2.45, 2.75) is 78.9 Å². The summed E-state index contributed by atoms with van der Waals surface area (Å²) in [5.41, 5.74) is 3.35. The Hall–Kier alpha value is -2.93. The Bertz CT molecular complexity index is 1440. The molecule has 0 fully saturated rings. The summed E-state index contributed by atoms with van der Waals surface area (Å²) in [6.07, 6.45) is 0. The van der Waals surface area contributed by atoms with Gasteiger partial charge in [-0.3, -0.25) is 0 Å². The minimum atomic E-state index is -4.32. The van der Waals surface area contributed by atoms with Crippen LogP contribution in [0.4, 0.5) is 4.39 Å². The molecule has 0 atom stereocenters. The van der Waals surface area contributed by atoms with Gasteiger partial charge in [-0.2, -0.15) is 8.42 Å². The van der Waals surface area contributed by atoms with Crippen molar-refractivity contribution >= 4 is 20.4 Å². The number of halogens is 1. The molecule has 4 rings (SSSR count). The summed E-state index contributed by atoms with van der Waals surface area (Å²) < 4.78 is 48.6. The van der Waals surface area contributed by atoms with Gasteiger partial charge in [-0.1, -0.05) is 90.1 Å². The van der Waals surface area contributed by atoms with Crippen molar-refractivity contribution in [3.8, 4) is 0 Å². The lowest BCUT2D eigenvalue weighted by molar-refractivity contribution is 0.507. The van der Waals surface area contributed by atoms with Gasteiger partial charge >= 0.3 is 10.1 Å². The molecular weight excluding hydrogens is 527 g/mol. The van der Waals surface area contributed by atoms with E-state index in [0.717, 1.165) is 37.9 Å². The lowest BCUT2D eigenvalue weighted by Gasteiger charge is -2.43. The summed E-state index contributed by atoms with van der Waals surface area (Å²) in [5, 5.41) is 0. The first kappa shape index (κ1) is 29.1. The molecule has 0 saturated heterocycles. The second kappa shape index (κ2) is 11.7. The van der Waals surface area contributed by atoms with Crippen LogP contribution in [-0.2, 0) is 13.7 Å². The van der Waals surface area contributed by atoms with E-state index >= 15 is 0 Å². The van der Waals surface area contributed by atoms with E-state index in [2.05, 4.69) is 53.7 Å². The fraction of sp³-hybridized carbons (Fsp3) is 0.273. The number of rotatable bonds is 9. The first-order valence-corrected chi connectivity index (χ1v) is 16.3. The third kappa shape index (κ3) is 5.84. The maximum absolute atomic E-state index is 14.1. The number of benzene rings is 4. The van der Waals surface area contributed by atoms with Crippen LogP contribution in [0.5, 0.6) is 0 Å². The van der Waals surface area contributed by atoms with E-state index in [4.69, 9.17) is 3.63 Å². The van der Waals surface area contributed by atoms with Crippen molar-refractivity contribution in [1.29, 1.82) is 0 Å². The molecule has 0 unspecified atom stereocenters. The third-order valence-corrected chi connectivity index (χ3v) is 12.1. The monoisotopic (exact) mass is 564 g/mol. The second-order valence-corrected chi connectivity index (χ2v) is 15.0. The predicted molar refractivity (Wildman–Crippen MR) is 159 cm³/mol. The summed E-state index contributed by atoms with van der Waals surface area (Å²) in [7, 11) is -7.14. The first-order valence-electron chi connectivity index (χ1n) is 13.3. The maximum atomic E-state index is 14.1. The average molecular weight is 565 g/mol. The lowest BCUT2D eigenvalue weighted by atomic mass is 9.89. The minimum absolute atomic E-state index is 0.0800. The Morgan fingerprint density at radius 1 is 0.590 bits per heavy atom. The molecule has 0 aliphatic heterocycles. The molecule has 6 heteroatoms. The maximum Gasteiger partial charge on any atom is 0.307 e. The van der Waals surface area contributed by atoms with Crippen LogP contribution in [0.1, 0.15) is 76.0 Å². The Labute approximate surface area is 234 Å². The largest absolute Gasteiger partial charge is 0.307 e. The van der Waals surface area contributed by atoms with Gasteiger partial charge in [0.2, 0.25) is 0 Å². The van der Waals surface area contributed by atoms with Gasteiger partial charge in [0.05, 0.1) is 4.90 Å². The first-order chi connectivity index (χ1) is 18.5. The van der Waals surface area contributed by atoms with Crippen LogP contribution in [0.3, 0.4) is 0 Å². The normalized spacial score (nSPS) is 12.9. The molecule has 39 heavy (non-hydrogen) atoms. The molecule has 4 aromatic carbocycles. The molecule has 4 aromatic rings. The topological polar surface area (TPSA) is 43.4 Å². The average Bonchev–Trinajstić information content (AvgIpc) is 2.92. The smallest absolute Gasteiger partial charge is 0.207 e. The Morgan fingerprint density at radius 3 is 1.41 bits per heavy atom. The molecule has 0 N–H and O–H groups in total. The lowest BCUT2D eigenvalue weighted by Crippen LogP contribution is -2.18. The van der Waals surface area contributed by atoms with E-state index < -0.39 is 26.2 Å². The van der Waals surface area contributed by atoms with E-state index in [1.54, 1.807) is 0 Å². The zero-order valence-electron chi connectivity index (χ0n) is 23.4. The van der Waals surface area contributed by atoms with E-state index in [-0.39, 0.29) is 16.7 Å². The fourth-order valence-corrected chi connectivity index (χ4v) is 10.5. The van der Waals surface area contributed by atoms with E-state index in [9.17, 15) is 12.8 Å². The van der Waals surface area contributed by atoms with Gasteiger partial charge in [0, 0.05) is 14.7 Å². The van der Waals surface area contributed by atoms with E-state index in [1.807, 2.05) is 60.7 Å². The molecule has 0 amide bonds. The highest BCUT2D eigenvalue weighted by Gasteiger charge is 2.42. The van der Waals surface area contributed by atoms with Gasteiger partial charge in [-0.25, -0.2) is 8.02 Å². The van der Waals surface area contributed by atoms with Crippen molar-refractivity contribution in [2.24, 2.45) is 0 Å². The van der Waals surface area contributed by atoms with Crippen molar-refractivity contribution in [3.63, 3.8) is 0 Å². The van der Waals surface area contributed by atoms with Crippen LogP contribution < -0.4 is 0 Å². The highest BCUT2D eigenvalue weighted by molar-refractivity contribution is 8.33. The third-order valence-electron chi connectivity index (χ3n) is 6.81. The molecule has 0 radical (unpaired) electrons. The molecular formula is C33H37FO3S2. The predicted octanol–water partition coefficient (Wildman–Crippen LogP) is 9.80. The molecule has 0 heterocycles. The SMILES string of the molecule is CC(C)c1cc(C(C)C)c(S(OS(=O)(=O)c2ccc(F)cc2)(c2ccccc2)c2ccccc2)c(C(C)C)c1. The molecule has 0 aromatic heterocycles. The van der Waals surface area contributed by atoms with Crippen molar-refractivity contribution in [1.82, 2.24) is 0 Å². The van der Waals surface area contributed by atoms with Gasteiger partial charge in [0.25, 0.3) is 0 Å². The van der Waals surface area contributed by atoms with Gasteiger partial charge < -0.3 is 0 Å². The molecule has 0 bridgehead atoms. The fourth-order valence-electron chi connectivity index (χ4n) is 4.71. The van der Waals surface area contributed by atoms with Gasteiger partial charge in [0.15, 0.2) is 0 Å². The number of hydrogen-bond acceptors (Lipinski definition) is 3. The van der Waals surface area contributed by atoms with Crippen LogP contribution in [0.2, 0.25) is 0 Å². The summed E-state index contributed by atoms with van der Waals surface area (Å²) in [6, 6.07) is 28.6. The highest BCUT2D eigenvalue weighted by atomic mass is 32.3. The van der Waals surface area contributed by atoms with Crippen molar-refractivity contribution < 1.29 is 16.4 Å². The Morgan fingerprint density at radius 2 is 1.03 bits per heavy atom. The van der Waals surface area contributed by atoms with Crippen molar-refractivity contribution in [3.05, 3.63) is 120 Å². The number of hydrogen-bond donors (Lipinski definition) is 0. The molecule has 0 saturated carbocycles. The Kier molecular flexibility index (Phi) is 8.69. The second-order valence-electron chi connectivity index (χ2n) is 10.7. The van der Waals surface area contributed by atoms with Gasteiger partial charge in [0.1, 0.15) is 5.82 Å². The van der Waals surface area contributed by atoms with E-state index in [0.29, 0.717) is 5.92 Å². The van der Waals surface area contributed by atoms with E-state index in [1.165, 1.54) is 17.7 Å². The molecule has 3 nitrogen and oxygen atoms in total. The highest BCUT2D eigenvalue weighted by Crippen LogP contribution is 2.73. The van der Waals surface area contributed by atoms with Crippen LogP contribution in [-0.4, -0.2) is 8.42 Å². The van der Waals surface area contributed by atoms with Gasteiger partial charge in [-0.15, -0.1) is 0 Å². The van der Waals surface area contributed by atoms with Crippen LogP contribution in [0, 0.1) is 5.82 Å². The zero-order valence-corrected chi connectivity index (χ0v) is 25.0. The summed E-state index contributed by atoms with van der Waals surface area (Å²) in [5.74, 6) is 0.00292. The van der Waals surface area contributed by atoms with Gasteiger partial charge in [-0.05, 0) is 93.3 Å².